The number of aliphatic carboxylic acids is 1. The maximum Gasteiger partial charge on any atom is 0.329 e. The van der Waals surface area contributed by atoms with E-state index in [2.05, 4.69) is 35.9 Å². The van der Waals surface area contributed by atoms with E-state index in [1.165, 1.54) is 16.8 Å². The van der Waals surface area contributed by atoms with Crippen LogP contribution in [0.3, 0.4) is 0 Å². The van der Waals surface area contributed by atoms with Crippen molar-refractivity contribution >= 4 is 17.6 Å². The van der Waals surface area contributed by atoms with Crippen molar-refractivity contribution < 1.29 is 14.6 Å². The highest BCUT2D eigenvalue weighted by Crippen LogP contribution is 2.37. The molecular weight excluding hydrogens is 436 g/mol. The molecule has 0 aliphatic heterocycles. The van der Waals surface area contributed by atoms with Crippen LogP contribution in [0.15, 0.2) is 54.6 Å². The van der Waals surface area contributed by atoms with Gasteiger partial charge < -0.3 is 9.84 Å². The number of rotatable bonds is 9. The fraction of sp³-hybridized carbons (Fsp3) is 0.407. The van der Waals surface area contributed by atoms with Crippen molar-refractivity contribution in [2.24, 2.45) is 11.8 Å². The van der Waals surface area contributed by atoms with Crippen molar-refractivity contribution in [3.05, 3.63) is 65.3 Å². The minimum absolute atomic E-state index is 0.206. The normalized spacial score (nSPS) is 18.4. The van der Waals surface area contributed by atoms with Gasteiger partial charge in [0.2, 0.25) is 0 Å². The Morgan fingerprint density at radius 3 is 2.33 bits per heavy atom. The van der Waals surface area contributed by atoms with Crippen molar-refractivity contribution in [3.8, 4) is 22.4 Å². The molecule has 0 saturated heterocycles. The molecule has 0 amide bonds. The smallest absolute Gasteiger partial charge is 0.329 e. The van der Waals surface area contributed by atoms with E-state index in [1.54, 1.807) is 0 Å². The molecule has 0 unspecified atom stereocenters. The molecule has 33 heavy (non-hydrogen) atoms. The van der Waals surface area contributed by atoms with Crippen molar-refractivity contribution in [3.63, 3.8) is 0 Å². The summed E-state index contributed by atoms with van der Waals surface area (Å²) in [6.07, 6.45) is 5.27. The summed E-state index contributed by atoms with van der Waals surface area (Å²) in [5, 5.41) is 14.6. The first kappa shape index (κ1) is 23.5. The highest BCUT2D eigenvalue weighted by atomic mass is 35.5. The van der Waals surface area contributed by atoms with Gasteiger partial charge >= 0.3 is 5.97 Å². The van der Waals surface area contributed by atoms with Crippen LogP contribution >= 0.6 is 11.6 Å². The van der Waals surface area contributed by atoms with Crippen molar-refractivity contribution in [2.45, 2.75) is 45.6 Å². The Labute approximate surface area is 200 Å². The van der Waals surface area contributed by atoms with E-state index in [-0.39, 0.29) is 6.61 Å². The van der Waals surface area contributed by atoms with Crippen molar-refractivity contribution in [1.82, 2.24) is 9.78 Å². The lowest BCUT2D eigenvalue weighted by atomic mass is 9.82. The average Bonchev–Trinajstić information content (AvgIpc) is 3.19. The third kappa shape index (κ3) is 5.84. The van der Waals surface area contributed by atoms with Crippen molar-refractivity contribution in [2.75, 3.05) is 13.2 Å². The molecule has 0 radical (unpaired) electrons. The van der Waals surface area contributed by atoms with Gasteiger partial charge in [0, 0.05) is 28.4 Å². The van der Waals surface area contributed by atoms with Crippen LogP contribution in [-0.2, 0) is 22.5 Å². The van der Waals surface area contributed by atoms with Crippen LogP contribution in [0.5, 0.6) is 0 Å². The van der Waals surface area contributed by atoms with Crippen LogP contribution in [-0.4, -0.2) is 34.1 Å². The SMILES string of the molecule is CCc1c(-c2ccccc2)c(-c2ccc(Cl)cc2)nn1CC1CCC(COCC(=O)O)CC1. The van der Waals surface area contributed by atoms with Gasteiger partial charge in [-0.05, 0) is 61.6 Å². The first-order valence-corrected chi connectivity index (χ1v) is 12.1. The number of hydrogen-bond acceptors (Lipinski definition) is 3. The second kappa shape index (κ2) is 11.0. The third-order valence-corrected chi connectivity index (χ3v) is 6.80. The Morgan fingerprint density at radius 2 is 1.70 bits per heavy atom. The summed E-state index contributed by atoms with van der Waals surface area (Å²) in [5.74, 6) is 0.112. The van der Waals surface area contributed by atoms with Gasteiger partial charge in [-0.2, -0.15) is 5.10 Å². The zero-order valence-electron chi connectivity index (χ0n) is 19.0. The number of carboxylic acids is 1. The largest absolute Gasteiger partial charge is 0.480 e. The summed E-state index contributed by atoms with van der Waals surface area (Å²) in [6.45, 7) is 3.43. The van der Waals surface area contributed by atoms with Crippen LogP contribution in [0.2, 0.25) is 5.02 Å². The predicted octanol–water partition coefficient (Wildman–Crippen LogP) is 6.34. The van der Waals surface area contributed by atoms with Gasteiger partial charge in [-0.25, -0.2) is 4.79 Å². The molecule has 174 valence electrons. The molecule has 1 aliphatic rings. The Morgan fingerprint density at radius 1 is 1.03 bits per heavy atom. The Balaban J connectivity index is 1.55. The molecule has 0 atom stereocenters. The fourth-order valence-electron chi connectivity index (χ4n) is 4.86. The lowest BCUT2D eigenvalue weighted by Crippen LogP contribution is -2.23. The minimum Gasteiger partial charge on any atom is -0.480 e. The van der Waals surface area contributed by atoms with E-state index in [1.807, 2.05) is 30.3 Å². The van der Waals surface area contributed by atoms with E-state index in [0.717, 1.165) is 54.9 Å². The molecule has 1 aliphatic carbocycles. The summed E-state index contributed by atoms with van der Waals surface area (Å²) in [4.78, 5) is 10.7. The number of nitrogens with zero attached hydrogens (tertiary/aromatic N) is 2. The van der Waals surface area contributed by atoms with Gasteiger partial charge in [0.15, 0.2) is 0 Å². The van der Waals surface area contributed by atoms with Crippen LogP contribution in [0.4, 0.5) is 0 Å². The fourth-order valence-corrected chi connectivity index (χ4v) is 4.99. The Bertz CT molecular complexity index is 1050. The molecule has 3 aromatic rings. The lowest BCUT2D eigenvalue weighted by Gasteiger charge is -2.28. The van der Waals surface area contributed by atoms with E-state index in [9.17, 15) is 4.79 Å². The molecule has 0 spiro atoms. The van der Waals surface area contributed by atoms with E-state index in [4.69, 9.17) is 26.5 Å². The highest BCUT2D eigenvalue weighted by Gasteiger charge is 2.25. The quantitative estimate of drug-likeness (QED) is 0.399. The molecule has 1 fully saturated rings. The van der Waals surface area contributed by atoms with Gasteiger partial charge in [-0.3, -0.25) is 4.68 Å². The topological polar surface area (TPSA) is 64.4 Å². The van der Waals surface area contributed by atoms with Crippen LogP contribution in [0.1, 0.15) is 38.3 Å². The summed E-state index contributed by atoms with van der Waals surface area (Å²) < 4.78 is 7.54. The number of carbonyl (C=O) groups is 1. The maximum absolute atomic E-state index is 10.7. The number of carboxylic acid groups (broad SMARTS) is 1. The summed E-state index contributed by atoms with van der Waals surface area (Å²) in [5.41, 5.74) is 5.73. The molecule has 1 heterocycles. The first-order chi connectivity index (χ1) is 16.0. The number of halogens is 1. The van der Waals surface area contributed by atoms with Gasteiger partial charge in [0.05, 0.1) is 6.61 Å². The first-order valence-electron chi connectivity index (χ1n) is 11.8. The molecule has 4 rings (SSSR count). The molecule has 1 aromatic heterocycles. The molecule has 0 bridgehead atoms. The number of ether oxygens (including phenoxy) is 1. The zero-order chi connectivity index (χ0) is 23.2. The second-order valence-corrected chi connectivity index (χ2v) is 9.31. The molecule has 1 saturated carbocycles. The summed E-state index contributed by atoms with van der Waals surface area (Å²) >= 11 is 6.14. The van der Waals surface area contributed by atoms with Gasteiger partial charge in [0.25, 0.3) is 0 Å². The highest BCUT2D eigenvalue weighted by molar-refractivity contribution is 6.30. The molecule has 5 nitrogen and oxygen atoms in total. The maximum atomic E-state index is 10.7. The van der Waals surface area contributed by atoms with E-state index >= 15 is 0 Å². The lowest BCUT2D eigenvalue weighted by molar-refractivity contribution is -0.142. The van der Waals surface area contributed by atoms with Crippen LogP contribution in [0, 0.1) is 11.8 Å². The number of benzene rings is 2. The molecule has 1 N–H and O–H groups in total. The predicted molar refractivity (Wildman–Crippen MR) is 131 cm³/mol. The standard InChI is InChI=1S/C27H31ClN2O3/c1-2-24-26(21-6-4-3-5-7-21)27(22-12-14-23(28)15-13-22)29-30(24)16-19-8-10-20(11-9-19)17-33-18-25(31)32/h3-7,12-15,19-20H,2,8-11,16-18H2,1H3,(H,31,32). The monoisotopic (exact) mass is 466 g/mol. The Kier molecular flexibility index (Phi) is 7.84. The van der Waals surface area contributed by atoms with Gasteiger partial charge in [0.1, 0.15) is 12.3 Å². The minimum atomic E-state index is -0.903. The summed E-state index contributed by atoms with van der Waals surface area (Å²) in [6, 6.07) is 18.4. The molecular formula is C27H31ClN2O3. The summed E-state index contributed by atoms with van der Waals surface area (Å²) in [7, 11) is 0. The molecule has 2 aromatic carbocycles. The van der Waals surface area contributed by atoms with E-state index in [0.29, 0.717) is 18.4 Å². The van der Waals surface area contributed by atoms with Gasteiger partial charge in [-0.1, -0.05) is 61.0 Å². The second-order valence-electron chi connectivity index (χ2n) is 8.87. The third-order valence-electron chi connectivity index (χ3n) is 6.55. The van der Waals surface area contributed by atoms with Crippen LogP contribution in [0.25, 0.3) is 22.4 Å². The van der Waals surface area contributed by atoms with E-state index < -0.39 is 5.97 Å². The average molecular weight is 467 g/mol. The number of hydrogen-bond donors (Lipinski definition) is 1. The number of aromatic nitrogens is 2. The molecule has 6 heteroatoms. The zero-order valence-corrected chi connectivity index (χ0v) is 19.8. The van der Waals surface area contributed by atoms with Gasteiger partial charge in [-0.15, -0.1) is 0 Å². The van der Waals surface area contributed by atoms with Crippen LogP contribution < -0.4 is 0 Å². The Hall–Kier alpha value is -2.63. The van der Waals surface area contributed by atoms with Crippen molar-refractivity contribution in [1.29, 1.82) is 0 Å².